The minimum atomic E-state index is 0.531. The van der Waals surface area contributed by atoms with Gasteiger partial charge >= 0.3 is 0 Å². The third-order valence-corrected chi connectivity index (χ3v) is 3.28. The number of halogens is 1. The molecule has 106 valence electrons. The highest BCUT2D eigenvalue weighted by atomic mass is 35.5. The number of benzene rings is 1. The summed E-state index contributed by atoms with van der Waals surface area (Å²) in [4.78, 5) is 0. The molecule has 1 aromatic carbocycles. The zero-order valence-electron chi connectivity index (χ0n) is 11.6. The molecule has 0 atom stereocenters. The summed E-state index contributed by atoms with van der Waals surface area (Å²) in [6, 6.07) is 9.45. The van der Waals surface area contributed by atoms with E-state index in [-0.39, 0.29) is 0 Å². The van der Waals surface area contributed by atoms with E-state index in [9.17, 15) is 0 Å². The van der Waals surface area contributed by atoms with Gasteiger partial charge in [-0.25, -0.2) is 4.68 Å². The molecule has 0 aliphatic rings. The van der Waals surface area contributed by atoms with E-state index in [0.29, 0.717) is 11.0 Å². The van der Waals surface area contributed by atoms with E-state index in [1.165, 1.54) is 6.33 Å². The van der Waals surface area contributed by atoms with Gasteiger partial charge in [0, 0.05) is 16.3 Å². The number of hydrogen-bond acceptors (Lipinski definition) is 4. The van der Waals surface area contributed by atoms with Crippen LogP contribution >= 0.6 is 11.6 Å². The fourth-order valence-electron chi connectivity index (χ4n) is 1.98. The Bertz CT molecular complexity index is 801. The van der Waals surface area contributed by atoms with Crippen LogP contribution in [0.5, 0.6) is 0 Å². The maximum absolute atomic E-state index is 6.10. The fraction of sp³-hybridized carbons (Fsp3) is 0.143. The second-order valence-electron chi connectivity index (χ2n) is 4.58. The first-order chi connectivity index (χ1) is 10.1. The minimum absolute atomic E-state index is 0.531. The minimum Gasteiger partial charge on any atom is -0.202 e. The van der Waals surface area contributed by atoms with Gasteiger partial charge in [-0.05, 0) is 26.0 Å². The molecule has 0 amide bonds. The van der Waals surface area contributed by atoms with Gasteiger partial charge in [0.1, 0.15) is 6.33 Å². The summed E-state index contributed by atoms with van der Waals surface area (Å²) >= 11 is 6.10. The van der Waals surface area contributed by atoms with Crippen molar-refractivity contribution < 1.29 is 0 Å². The first-order valence-corrected chi connectivity index (χ1v) is 6.75. The molecule has 0 saturated carbocycles. The molecular formula is C14H13ClN6. The van der Waals surface area contributed by atoms with E-state index in [1.54, 1.807) is 15.6 Å². The van der Waals surface area contributed by atoms with Crippen molar-refractivity contribution in [2.45, 2.75) is 13.8 Å². The van der Waals surface area contributed by atoms with Crippen LogP contribution in [0.25, 0.3) is 5.95 Å². The molecule has 2 heterocycles. The molecule has 7 heteroatoms. The van der Waals surface area contributed by atoms with E-state index in [0.717, 1.165) is 17.0 Å². The van der Waals surface area contributed by atoms with Gasteiger partial charge in [0.15, 0.2) is 0 Å². The van der Waals surface area contributed by atoms with Gasteiger partial charge in [-0.15, -0.1) is 10.2 Å². The highest BCUT2D eigenvalue weighted by Gasteiger charge is 2.10. The van der Waals surface area contributed by atoms with Gasteiger partial charge < -0.3 is 0 Å². The molecule has 0 unspecified atom stereocenters. The van der Waals surface area contributed by atoms with Crippen molar-refractivity contribution in [2.75, 3.05) is 0 Å². The molecule has 0 fully saturated rings. The van der Waals surface area contributed by atoms with E-state index >= 15 is 0 Å². The summed E-state index contributed by atoms with van der Waals surface area (Å²) in [5.74, 6) is 0.531. The largest absolute Gasteiger partial charge is 0.273 e. The number of hydrogen-bond donors (Lipinski definition) is 0. The van der Waals surface area contributed by atoms with Crippen LogP contribution in [0.4, 0.5) is 0 Å². The summed E-state index contributed by atoms with van der Waals surface area (Å²) < 4.78 is 3.26. The van der Waals surface area contributed by atoms with Crippen LogP contribution in [-0.2, 0) is 0 Å². The van der Waals surface area contributed by atoms with E-state index < -0.39 is 0 Å². The zero-order chi connectivity index (χ0) is 14.8. The smallest absolute Gasteiger partial charge is 0.202 e. The third kappa shape index (κ3) is 2.71. The molecule has 3 aromatic rings. The second-order valence-corrected chi connectivity index (χ2v) is 4.99. The van der Waals surface area contributed by atoms with Crippen molar-refractivity contribution in [2.24, 2.45) is 5.10 Å². The number of rotatable bonds is 3. The number of aromatic nitrogens is 5. The van der Waals surface area contributed by atoms with Gasteiger partial charge in [0.2, 0.25) is 0 Å². The van der Waals surface area contributed by atoms with Crippen LogP contribution in [0.3, 0.4) is 0 Å². The molecule has 0 spiro atoms. The first kappa shape index (κ1) is 13.5. The molecule has 6 nitrogen and oxygen atoms in total. The molecule has 0 aliphatic heterocycles. The average molecular weight is 301 g/mol. The van der Waals surface area contributed by atoms with Crippen LogP contribution in [-0.4, -0.2) is 30.9 Å². The SMILES string of the molecule is Cc1cc(C)n(-c2nncn2/N=C/c2ccccc2Cl)n1. The second kappa shape index (κ2) is 5.49. The predicted molar refractivity (Wildman–Crippen MR) is 81.1 cm³/mol. The zero-order valence-corrected chi connectivity index (χ0v) is 12.4. The van der Waals surface area contributed by atoms with Gasteiger partial charge in [-0.2, -0.15) is 14.9 Å². The average Bonchev–Trinajstić information content (AvgIpc) is 3.04. The number of aryl methyl sites for hydroxylation is 2. The molecule has 3 rings (SSSR count). The molecular weight excluding hydrogens is 288 g/mol. The summed E-state index contributed by atoms with van der Waals surface area (Å²) in [6.45, 7) is 3.88. The molecule has 0 saturated heterocycles. The third-order valence-electron chi connectivity index (χ3n) is 2.94. The Kier molecular flexibility index (Phi) is 3.53. The van der Waals surface area contributed by atoms with Gasteiger partial charge in [-0.3, -0.25) is 0 Å². The Balaban J connectivity index is 1.97. The van der Waals surface area contributed by atoms with Gasteiger partial charge in [0.05, 0.1) is 11.9 Å². The Labute approximate surface area is 126 Å². The standard InChI is InChI=1S/C14H13ClN6/c1-10-7-11(2)21(19-10)14-18-16-9-20(14)17-8-12-5-3-4-6-13(12)15/h3-9H,1-2H3/b17-8+. The molecule has 0 radical (unpaired) electrons. The fourth-order valence-corrected chi connectivity index (χ4v) is 2.16. The summed E-state index contributed by atoms with van der Waals surface area (Å²) in [6.07, 6.45) is 3.19. The lowest BCUT2D eigenvalue weighted by molar-refractivity contribution is 0.717. The summed E-state index contributed by atoms with van der Waals surface area (Å²) in [5.41, 5.74) is 2.71. The Morgan fingerprint density at radius 1 is 1.24 bits per heavy atom. The maximum Gasteiger partial charge on any atom is 0.273 e. The molecule has 0 bridgehead atoms. The van der Waals surface area contributed by atoms with Gasteiger partial charge in [0.25, 0.3) is 5.95 Å². The van der Waals surface area contributed by atoms with Crippen LogP contribution < -0.4 is 0 Å². The van der Waals surface area contributed by atoms with E-state index in [4.69, 9.17) is 11.6 Å². The van der Waals surface area contributed by atoms with E-state index in [2.05, 4.69) is 20.4 Å². The van der Waals surface area contributed by atoms with Crippen LogP contribution in [0.1, 0.15) is 17.0 Å². The molecule has 0 aliphatic carbocycles. The van der Waals surface area contributed by atoms with Crippen LogP contribution in [0, 0.1) is 13.8 Å². The van der Waals surface area contributed by atoms with E-state index in [1.807, 2.05) is 44.2 Å². The number of nitrogens with zero attached hydrogens (tertiary/aromatic N) is 6. The molecule has 21 heavy (non-hydrogen) atoms. The Morgan fingerprint density at radius 3 is 2.76 bits per heavy atom. The predicted octanol–water partition coefficient (Wildman–Crippen LogP) is 2.62. The highest BCUT2D eigenvalue weighted by Crippen LogP contribution is 2.13. The lowest BCUT2D eigenvalue weighted by atomic mass is 10.2. The normalized spacial score (nSPS) is 11.4. The van der Waals surface area contributed by atoms with Crippen LogP contribution in [0.15, 0.2) is 41.8 Å². The topological polar surface area (TPSA) is 60.9 Å². The maximum atomic E-state index is 6.10. The van der Waals surface area contributed by atoms with Crippen molar-refractivity contribution in [3.05, 3.63) is 58.6 Å². The summed E-state index contributed by atoms with van der Waals surface area (Å²) in [5, 5.41) is 17.3. The highest BCUT2D eigenvalue weighted by molar-refractivity contribution is 6.33. The Morgan fingerprint density at radius 2 is 2.05 bits per heavy atom. The first-order valence-electron chi connectivity index (χ1n) is 6.37. The van der Waals surface area contributed by atoms with Crippen molar-refractivity contribution in [3.8, 4) is 5.95 Å². The summed E-state index contributed by atoms with van der Waals surface area (Å²) in [7, 11) is 0. The lowest BCUT2D eigenvalue weighted by Crippen LogP contribution is -2.06. The molecule has 0 N–H and O–H groups in total. The quantitative estimate of drug-likeness (QED) is 0.699. The van der Waals surface area contributed by atoms with Crippen molar-refractivity contribution in [1.29, 1.82) is 0 Å². The Hall–Kier alpha value is -2.47. The lowest BCUT2D eigenvalue weighted by Gasteiger charge is -2.02. The molecule has 2 aromatic heterocycles. The van der Waals surface area contributed by atoms with Crippen molar-refractivity contribution in [1.82, 2.24) is 24.7 Å². The van der Waals surface area contributed by atoms with Crippen LogP contribution in [0.2, 0.25) is 5.02 Å². The monoisotopic (exact) mass is 300 g/mol. The van der Waals surface area contributed by atoms with Crippen molar-refractivity contribution in [3.63, 3.8) is 0 Å². The van der Waals surface area contributed by atoms with Crippen molar-refractivity contribution >= 4 is 17.8 Å². The van der Waals surface area contributed by atoms with Gasteiger partial charge in [-0.1, -0.05) is 29.8 Å².